The van der Waals surface area contributed by atoms with E-state index >= 15 is 0 Å². The highest BCUT2D eigenvalue weighted by Crippen LogP contribution is 2.12. The second-order valence-corrected chi connectivity index (χ2v) is 6.54. The number of rotatable bonds is 5. The minimum Gasteiger partial charge on any atom is -0.377 e. The van der Waals surface area contributed by atoms with Crippen LogP contribution in [0.5, 0.6) is 0 Å². The predicted molar refractivity (Wildman–Crippen MR) is 70.8 cm³/mol. The highest BCUT2D eigenvalue weighted by atomic mass is 32.2. The van der Waals surface area contributed by atoms with Gasteiger partial charge in [0.05, 0.1) is 11.9 Å². The molecule has 0 amide bonds. The fourth-order valence-corrected chi connectivity index (χ4v) is 3.15. The Bertz CT molecular complexity index is 475. The van der Waals surface area contributed by atoms with Crippen molar-refractivity contribution in [3.63, 3.8) is 0 Å². The average molecular weight is 269 g/mol. The fourth-order valence-electron chi connectivity index (χ4n) is 1.98. The Morgan fingerprint density at radius 1 is 1.33 bits per heavy atom. The van der Waals surface area contributed by atoms with E-state index in [2.05, 4.69) is 4.72 Å². The van der Waals surface area contributed by atoms with E-state index in [9.17, 15) is 8.42 Å². The Balaban J connectivity index is 1.88. The Labute approximate surface area is 108 Å². The summed E-state index contributed by atoms with van der Waals surface area (Å²) in [5.41, 5.74) is 1.93. The molecule has 1 aliphatic rings. The lowest BCUT2D eigenvalue weighted by atomic mass is 10.2. The summed E-state index contributed by atoms with van der Waals surface area (Å²) < 4.78 is 31.7. The number of benzene rings is 1. The molecule has 1 fully saturated rings. The first-order valence-electron chi connectivity index (χ1n) is 6.20. The van der Waals surface area contributed by atoms with Crippen LogP contribution in [0, 0.1) is 6.92 Å². The van der Waals surface area contributed by atoms with E-state index in [0.29, 0.717) is 6.54 Å². The van der Waals surface area contributed by atoms with Crippen LogP contribution in [0.15, 0.2) is 24.3 Å². The maximum atomic E-state index is 11.9. The third-order valence-electron chi connectivity index (χ3n) is 3.03. The maximum absolute atomic E-state index is 11.9. The van der Waals surface area contributed by atoms with Gasteiger partial charge in [-0.25, -0.2) is 13.1 Å². The van der Waals surface area contributed by atoms with Crippen molar-refractivity contribution in [1.82, 2.24) is 4.72 Å². The first-order valence-corrected chi connectivity index (χ1v) is 7.85. The molecular formula is C13H19NO3S. The van der Waals surface area contributed by atoms with E-state index in [1.165, 1.54) is 0 Å². The van der Waals surface area contributed by atoms with Crippen LogP contribution in [-0.4, -0.2) is 27.7 Å². The van der Waals surface area contributed by atoms with Crippen LogP contribution in [0.4, 0.5) is 0 Å². The summed E-state index contributed by atoms with van der Waals surface area (Å²) in [5, 5.41) is 0. The minimum absolute atomic E-state index is 0.0278. The van der Waals surface area contributed by atoms with Gasteiger partial charge in [0, 0.05) is 13.2 Å². The van der Waals surface area contributed by atoms with E-state index in [1.54, 1.807) is 0 Å². The van der Waals surface area contributed by atoms with E-state index in [4.69, 9.17) is 4.74 Å². The van der Waals surface area contributed by atoms with Crippen molar-refractivity contribution in [3.8, 4) is 0 Å². The quantitative estimate of drug-likeness (QED) is 0.883. The monoisotopic (exact) mass is 269 g/mol. The number of aryl methyl sites for hydroxylation is 1. The Hall–Kier alpha value is -0.910. The Kier molecular flexibility index (Phi) is 4.37. The Morgan fingerprint density at radius 2 is 2.06 bits per heavy atom. The third kappa shape index (κ3) is 4.08. The van der Waals surface area contributed by atoms with Gasteiger partial charge in [0.2, 0.25) is 10.0 Å². The van der Waals surface area contributed by atoms with Crippen molar-refractivity contribution < 1.29 is 13.2 Å². The van der Waals surface area contributed by atoms with Crippen molar-refractivity contribution in [3.05, 3.63) is 35.4 Å². The van der Waals surface area contributed by atoms with E-state index in [0.717, 1.165) is 30.6 Å². The number of sulfonamides is 1. The van der Waals surface area contributed by atoms with Crippen molar-refractivity contribution in [2.75, 3.05) is 13.2 Å². The molecule has 5 heteroatoms. The summed E-state index contributed by atoms with van der Waals surface area (Å²) in [7, 11) is -3.26. The number of hydrogen-bond acceptors (Lipinski definition) is 3. The summed E-state index contributed by atoms with van der Waals surface area (Å²) >= 11 is 0. The molecule has 1 saturated heterocycles. The van der Waals surface area contributed by atoms with Gasteiger partial charge < -0.3 is 4.74 Å². The zero-order valence-corrected chi connectivity index (χ0v) is 11.4. The molecule has 0 unspecified atom stereocenters. The number of ether oxygens (including phenoxy) is 1. The zero-order chi connectivity index (χ0) is 13.0. The van der Waals surface area contributed by atoms with Gasteiger partial charge in [0.25, 0.3) is 0 Å². The largest absolute Gasteiger partial charge is 0.377 e. The molecule has 2 rings (SSSR count). The molecule has 1 atom stereocenters. The van der Waals surface area contributed by atoms with Gasteiger partial charge in [-0.3, -0.25) is 0 Å². The lowest BCUT2D eigenvalue weighted by molar-refractivity contribution is 0.114. The van der Waals surface area contributed by atoms with Gasteiger partial charge >= 0.3 is 0 Å². The van der Waals surface area contributed by atoms with Crippen molar-refractivity contribution in [2.24, 2.45) is 0 Å². The average Bonchev–Trinajstić information content (AvgIpc) is 2.83. The standard InChI is InChI=1S/C13H19NO3S/c1-11-4-6-12(7-5-11)10-18(15,16)14-9-13-3-2-8-17-13/h4-7,13-14H,2-3,8-10H2,1H3/t13-/m1/s1. The van der Waals surface area contributed by atoms with Crippen LogP contribution in [0.25, 0.3) is 0 Å². The second kappa shape index (κ2) is 5.82. The van der Waals surface area contributed by atoms with E-state index in [-0.39, 0.29) is 11.9 Å². The fraction of sp³-hybridized carbons (Fsp3) is 0.538. The molecular weight excluding hydrogens is 250 g/mol. The molecule has 18 heavy (non-hydrogen) atoms. The summed E-state index contributed by atoms with van der Waals surface area (Å²) in [5.74, 6) is 0.0278. The highest BCUT2D eigenvalue weighted by molar-refractivity contribution is 7.88. The summed E-state index contributed by atoms with van der Waals surface area (Å²) in [4.78, 5) is 0. The first-order chi connectivity index (χ1) is 8.55. The lowest BCUT2D eigenvalue weighted by Crippen LogP contribution is -2.32. The van der Waals surface area contributed by atoms with Crippen LogP contribution < -0.4 is 4.72 Å². The molecule has 0 bridgehead atoms. The van der Waals surface area contributed by atoms with Gasteiger partial charge in [-0.15, -0.1) is 0 Å². The van der Waals surface area contributed by atoms with Crippen LogP contribution in [0.3, 0.4) is 0 Å². The summed E-state index contributed by atoms with van der Waals surface area (Å²) in [6.45, 7) is 3.10. The van der Waals surface area contributed by atoms with Crippen LogP contribution in [0.2, 0.25) is 0 Å². The maximum Gasteiger partial charge on any atom is 0.215 e. The molecule has 0 aromatic heterocycles. The predicted octanol–water partition coefficient (Wildman–Crippen LogP) is 1.59. The Morgan fingerprint density at radius 3 is 2.67 bits per heavy atom. The molecule has 4 nitrogen and oxygen atoms in total. The molecule has 1 aromatic carbocycles. The molecule has 0 saturated carbocycles. The zero-order valence-electron chi connectivity index (χ0n) is 10.6. The molecule has 0 aliphatic carbocycles. The molecule has 1 N–H and O–H groups in total. The van der Waals surface area contributed by atoms with E-state index < -0.39 is 10.0 Å². The number of nitrogens with one attached hydrogen (secondary N) is 1. The van der Waals surface area contributed by atoms with Gasteiger partial charge in [0.1, 0.15) is 0 Å². The molecule has 0 radical (unpaired) electrons. The normalized spacial score (nSPS) is 20.2. The first kappa shape index (κ1) is 13.5. The summed E-state index contributed by atoms with van der Waals surface area (Å²) in [6, 6.07) is 7.54. The molecule has 1 aromatic rings. The van der Waals surface area contributed by atoms with Crippen molar-refractivity contribution >= 4 is 10.0 Å². The molecule has 0 spiro atoms. The van der Waals surface area contributed by atoms with Crippen LogP contribution >= 0.6 is 0 Å². The van der Waals surface area contributed by atoms with E-state index in [1.807, 2.05) is 31.2 Å². The van der Waals surface area contributed by atoms with Gasteiger partial charge in [-0.2, -0.15) is 0 Å². The van der Waals surface area contributed by atoms with Gasteiger partial charge in [-0.1, -0.05) is 29.8 Å². The van der Waals surface area contributed by atoms with Crippen LogP contribution in [-0.2, 0) is 20.5 Å². The highest BCUT2D eigenvalue weighted by Gasteiger charge is 2.18. The molecule has 1 aliphatic heterocycles. The second-order valence-electron chi connectivity index (χ2n) is 4.73. The van der Waals surface area contributed by atoms with Gasteiger partial charge in [0.15, 0.2) is 0 Å². The lowest BCUT2D eigenvalue weighted by Gasteiger charge is -2.11. The molecule has 100 valence electrons. The van der Waals surface area contributed by atoms with Gasteiger partial charge in [-0.05, 0) is 25.3 Å². The third-order valence-corrected chi connectivity index (χ3v) is 4.35. The van der Waals surface area contributed by atoms with Crippen LogP contribution in [0.1, 0.15) is 24.0 Å². The SMILES string of the molecule is Cc1ccc(CS(=O)(=O)NC[C@H]2CCCO2)cc1. The smallest absolute Gasteiger partial charge is 0.215 e. The van der Waals surface area contributed by atoms with Crippen molar-refractivity contribution in [1.29, 1.82) is 0 Å². The topological polar surface area (TPSA) is 55.4 Å². The van der Waals surface area contributed by atoms with Crippen molar-refractivity contribution in [2.45, 2.75) is 31.6 Å². The number of hydrogen-bond donors (Lipinski definition) is 1. The molecule has 1 heterocycles. The summed E-state index contributed by atoms with van der Waals surface area (Å²) in [6.07, 6.45) is 2.00. The minimum atomic E-state index is -3.26.